The molecule has 0 N–H and O–H groups in total. The molecule has 2 aliphatic carbocycles. The zero-order chi connectivity index (χ0) is 37.8. The standard InChI is InChI=1S/C41H61ClN2O5P2S/c1-9-29(20-28(3)30(10-2)25-52(46,47)44(50-7)51-8)21-31-13-14-34(31)24-43-26-41(19-11-12-32-22-35(42)16-17-36(32)41)27-48-38-18-15-33(23-37(38)43)39(45)49-40(4,5)6/h15-18,20,22-23,28,30-31,34,50-51H,9-14,19,21,24-27H2,1-8H3/b29-20+/t28?,30-,31+,34+,41+/m1/s1. The highest BCUT2D eigenvalue weighted by molar-refractivity contribution is 7.97. The van der Waals surface area contributed by atoms with E-state index in [4.69, 9.17) is 21.1 Å². The molecule has 0 saturated heterocycles. The number of allylic oxidation sites excluding steroid dienone is 2. The number of esters is 1. The second-order valence-corrected chi connectivity index (χ2v) is 21.5. The van der Waals surface area contributed by atoms with Gasteiger partial charge in [-0.05, 0) is 162 Å². The average molecular weight is 791 g/mol. The molecule has 0 amide bonds. The van der Waals surface area contributed by atoms with E-state index in [1.165, 1.54) is 23.1 Å². The third-order valence-corrected chi connectivity index (χ3v) is 18.1. The van der Waals surface area contributed by atoms with Crippen molar-refractivity contribution < 1.29 is 22.7 Å². The SMILES string of the molecule is CC/C(=C\C(C)[C@H](CC)CS(=O)(=O)N(PC)PC)C[C@@H]1CC[C@H]1CN1C[C@@]2(CCCc3cc(Cl)ccc32)COc2ccc(C(=O)OC(C)(C)C)cc21. The van der Waals surface area contributed by atoms with Gasteiger partial charge in [0, 0.05) is 23.5 Å². The van der Waals surface area contributed by atoms with Crippen LogP contribution in [0.5, 0.6) is 5.75 Å². The van der Waals surface area contributed by atoms with Crippen LogP contribution in [0.2, 0.25) is 5.02 Å². The fourth-order valence-corrected chi connectivity index (χ4v) is 13.6. The van der Waals surface area contributed by atoms with Crippen molar-refractivity contribution in [3.63, 3.8) is 0 Å². The first kappa shape index (κ1) is 41.5. The molecule has 11 heteroatoms. The maximum absolute atomic E-state index is 13.3. The Labute approximate surface area is 322 Å². The number of benzene rings is 2. The molecule has 1 aliphatic heterocycles. The lowest BCUT2D eigenvalue weighted by Crippen LogP contribution is -2.48. The molecule has 288 valence electrons. The van der Waals surface area contributed by atoms with Gasteiger partial charge in [-0.3, -0.25) is 0 Å². The number of halogens is 1. The summed E-state index contributed by atoms with van der Waals surface area (Å²) in [6, 6.07) is 12.1. The summed E-state index contributed by atoms with van der Waals surface area (Å²) >= 11 is 6.49. The van der Waals surface area contributed by atoms with E-state index < -0.39 is 15.6 Å². The third-order valence-electron chi connectivity index (χ3n) is 11.6. The van der Waals surface area contributed by atoms with Gasteiger partial charge in [-0.1, -0.05) is 56.5 Å². The van der Waals surface area contributed by atoms with E-state index in [1.54, 1.807) is 3.85 Å². The van der Waals surface area contributed by atoms with Gasteiger partial charge in [0.2, 0.25) is 10.0 Å². The van der Waals surface area contributed by atoms with Crippen LogP contribution in [0.1, 0.15) is 108 Å². The van der Waals surface area contributed by atoms with E-state index in [9.17, 15) is 13.2 Å². The number of anilines is 1. The molecule has 1 spiro atoms. The van der Waals surface area contributed by atoms with E-state index in [0.717, 1.165) is 74.5 Å². The third kappa shape index (κ3) is 9.75. The van der Waals surface area contributed by atoms with Gasteiger partial charge in [-0.15, -0.1) is 0 Å². The maximum Gasteiger partial charge on any atom is 0.338 e. The molecule has 0 radical (unpaired) electrons. The molecule has 0 aromatic heterocycles. The smallest absolute Gasteiger partial charge is 0.338 e. The number of hydrogen-bond donors (Lipinski definition) is 0. The summed E-state index contributed by atoms with van der Waals surface area (Å²) in [6.45, 7) is 18.4. The van der Waals surface area contributed by atoms with Crippen LogP contribution >= 0.6 is 29.1 Å². The predicted molar refractivity (Wildman–Crippen MR) is 222 cm³/mol. The summed E-state index contributed by atoms with van der Waals surface area (Å²) in [5.74, 6) is 2.04. The number of carbonyl (C=O) groups excluding carboxylic acids is 1. The normalized spacial score (nSPS) is 23.7. The largest absolute Gasteiger partial charge is 0.490 e. The second-order valence-electron chi connectivity index (χ2n) is 16.3. The zero-order valence-corrected chi connectivity index (χ0v) is 36.1. The molecular weight excluding hydrogens is 730 g/mol. The van der Waals surface area contributed by atoms with Crippen molar-refractivity contribution in [2.24, 2.45) is 23.7 Å². The van der Waals surface area contributed by atoms with Crippen LogP contribution in [0.4, 0.5) is 5.69 Å². The van der Waals surface area contributed by atoms with Gasteiger partial charge in [0.05, 0.1) is 23.6 Å². The van der Waals surface area contributed by atoms with Crippen LogP contribution in [-0.4, -0.2) is 62.6 Å². The van der Waals surface area contributed by atoms with Gasteiger partial charge in [-0.2, -0.15) is 3.85 Å². The van der Waals surface area contributed by atoms with Crippen LogP contribution in [-0.2, 0) is 26.6 Å². The molecule has 0 bridgehead atoms. The maximum atomic E-state index is 13.3. The number of nitrogens with zero attached hydrogens (tertiary/aromatic N) is 2. The van der Waals surface area contributed by atoms with Gasteiger partial charge >= 0.3 is 5.97 Å². The molecule has 7 atom stereocenters. The molecule has 3 aliphatic rings. The Balaban J connectivity index is 1.40. The number of ether oxygens (including phenoxy) is 2. The number of aryl methyl sites for hydroxylation is 1. The Kier molecular flexibility index (Phi) is 13.9. The van der Waals surface area contributed by atoms with E-state index >= 15 is 0 Å². The number of hydrogen-bond acceptors (Lipinski definition) is 6. The number of carbonyl (C=O) groups is 1. The van der Waals surface area contributed by atoms with Crippen molar-refractivity contribution >= 4 is 50.7 Å². The second kappa shape index (κ2) is 17.4. The fraction of sp³-hybridized carbons (Fsp3) is 0.634. The van der Waals surface area contributed by atoms with Crippen molar-refractivity contribution in [2.75, 3.05) is 43.7 Å². The van der Waals surface area contributed by atoms with E-state index in [2.05, 4.69) is 43.9 Å². The van der Waals surface area contributed by atoms with Crippen molar-refractivity contribution in [1.29, 1.82) is 0 Å². The molecule has 1 heterocycles. The quantitative estimate of drug-likeness (QED) is 0.108. The van der Waals surface area contributed by atoms with Gasteiger partial charge in [0.15, 0.2) is 0 Å². The molecule has 1 fully saturated rings. The van der Waals surface area contributed by atoms with Crippen LogP contribution in [0.25, 0.3) is 0 Å². The lowest BCUT2D eigenvalue weighted by molar-refractivity contribution is 0.00694. The number of sulfonamides is 1. The van der Waals surface area contributed by atoms with Crippen LogP contribution in [0, 0.1) is 23.7 Å². The minimum Gasteiger partial charge on any atom is -0.490 e. The fourth-order valence-electron chi connectivity index (χ4n) is 8.56. The van der Waals surface area contributed by atoms with Crippen molar-refractivity contribution in [3.8, 4) is 5.75 Å². The zero-order valence-electron chi connectivity index (χ0n) is 32.6. The van der Waals surface area contributed by atoms with E-state index in [1.807, 2.05) is 58.4 Å². The Hall–Kier alpha value is -1.69. The number of fused-ring (bicyclic) bond motifs is 3. The van der Waals surface area contributed by atoms with Crippen molar-refractivity contribution in [3.05, 3.63) is 69.8 Å². The summed E-state index contributed by atoms with van der Waals surface area (Å²) in [4.78, 5) is 15.8. The highest BCUT2D eigenvalue weighted by Gasteiger charge is 2.43. The summed E-state index contributed by atoms with van der Waals surface area (Å²) < 4.78 is 40.5. The Bertz CT molecular complexity index is 1710. The highest BCUT2D eigenvalue weighted by Crippen LogP contribution is 2.47. The minimum atomic E-state index is -3.26. The van der Waals surface area contributed by atoms with E-state index in [0.29, 0.717) is 24.0 Å². The van der Waals surface area contributed by atoms with Crippen molar-refractivity contribution in [1.82, 2.24) is 3.85 Å². The molecule has 1 saturated carbocycles. The van der Waals surface area contributed by atoms with Gasteiger partial charge < -0.3 is 14.4 Å². The van der Waals surface area contributed by atoms with E-state index in [-0.39, 0.29) is 46.4 Å². The summed E-state index contributed by atoms with van der Waals surface area (Å²) in [5, 5.41) is 0.773. The van der Waals surface area contributed by atoms with Crippen molar-refractivity contribution in [2.45, 2.75) is 104 Å². The van der Waals surface area contributed by atoms with Crippen LogP contribution in [0.3, 0.4) is 0 Å². The molecule has 3 unspecified atom stereocenters. The topological polar surface area (TPSA) is 76.2 Å². The summed E-state index contributed by atoms with van der Waals surface area (Å²) in [6.07, 6.45) is 10.7. The molecule has 52 heavy (non-hydrogen) atoms. The first-order valence-electron chi connectivity index (χ1n) is 19.2. The molecule has 7 nitrogen and oxygen atoms in total. The van der Waals surface area contributed by atoms with Crippen LogP contribution in [0.15, 0.2) is 48.0 Å². The Morgan fingerprint density at radius 3 is 2.50 bits per heavy atom. The summed E-state index contributed by atoms with van der Waals surface area (Å²) in [5.41, 5.74) is 4.81. The first-order valence-corrected chi connectivity index (χ1v) is 24.1. The van der Waals surface area contributed by atoms with Gasteiger partial charge in [0.1, 0.15) is 11.4 Å². The van der Waals surface area contributed by atoms with Gasteiger partial charge in [-0.25, -0.2) is 13.2 Å². The molecule has 5 rings (SSSR count). The number of rotatable bonds is 14. The predicted octanol–water partition coefficient (Wildman–Crippen LogP) is 10.3. The highest BCUT2D eigenvalue weighted by atomic mass is 35.5. The first-order chi connectivity index (χ1) is 24.6. The molecular formula is C41H61ClN2O5P2S. The Morgan fingerprint density at radius 1 is 1.13 bits per heavy atom. The van der Waals surface area contributed by atoms with Gasteiger partial charge in [0.25, 0.3) is 0 Å². The lowest BCUT2D eigenvalue weighted by atomic mass is 9.68. The summed E-state index contributed by atoms with van der Waals surface area (Å²) in [7, 11) is -2.73. The van der Waals surface area contributed by atoms with Crippen LogP contribution < -0.4 is 9.64 Å². The molecule has 2 aromatic rings. The molecule has 2 aromatic carbocycles. The monoisotopic (exact) mass is 790 g/mol. The lowest BCUT2D eigenvalue weighted by Gasteiger charge is -2.45. The minimum absolute atomic E-state index is 0.0937. The average Bonchev–Trinajstić information content (AvgIpc) is 3.23. The Morgan fingerprint density at radius 2 is 1.87 bits per heavy atom.